The van der Waals surface area contributed by atoms with E-state index in [9.17, 15) is 22.4 Å². The Bertz CT molecular complexity index is 462. The molecule has 0 saturated heterocycles. The summed E-state index contributed by atoms with van der Waals surface area (Å²) in [6.45, 7) is -0.153. The van der Waals surface area contributed by atoms with Crippen molar-refractivity contribution in [3.8, 4) is 0 Å². The van der Waals surface area contributed by atoms with Gasteiger partial charge in [-0.15, -0.1) is 0 Å². The van der Waals surface area contributed by atoms with Crippen molar-refractivity contribution in [1.29, 1.82) is 0 Å². The SMILES string of the molecule is CCN(CC(F)(F)F)C(=O)c1cccc(F)c1NN. The van der Waals surface area contributed by atoms with Gasteiger partial charge in [0.05, 0.1) is 11.3 Å². The van der Waals surface area contributed by atoms with Gasteiger partial charge in [-0.2, -0.15) is 13.2 Å². The van der Waals surface area contributed by atoms with Crippen LogP contribution in [0.25, 0.3) is 0 Å². The van der Waals surface area contributed by atoms with Crippen molar-refractivity contribution in [3.63, 3.8) is 0 Å². The van der Waals surface area contributed by atoms with Crippen LogP contribution < -0.4 is 11.3 Å². The maximum Gasteiger partial charge on any atom is 0.406 e. The van der Waals surface area contributed by atoms with E-state index < -0.39 is 24.4 Å². The number of nitrogens with zero attached hydrogens (tertiary/aromatic N) is 1. The van der Waals surface area contributed by atoms with Crippen LogP contribution in [0.15, 0.2) is 18.2 Å². The fourth-order valence-electron chi connectivity index (χ4n) is 1.56. The van der Waals surface area contributed by atoms with Crippen LogP contribution >= 0.6 is 0 Å². The lowest BCUT2D eigenvalue weighted by molar-refractivity contribution is -0.140. The number of carbonyl (C=O) groups is 1. The summed E-state index contributed by atoms with van der Waals surface area (Å²) < 4.78 is 50.3. The minimum absolute atomic E-state index is 0.154. The lowest BCUT2D eigenvalue weighted by atomic mass is 10.1. The zero-order valence-corrected chi connectivity index (χ0v) is 10.1. The first kappa shape index (κ1) is 15.2. The minimum atomic E-state index is -4.52. The van der Waals surface area contributed by atoms with Crippen molar-refractivity contribution in [3.05, 3.63) is 29.6 Å². The summed E-state index contributed by atoms with van der Waals surface area (Å²) in [5, 5.41) is 0. The van der Waals surface area contributed by atoms with Crippen LogP contribution in [0.4, 0.5) is 23.2 Å². The molecule has 0 spiro atoms. The molecule has 0 radical (unpaired) electrons. The Morgan fingerprint density at radius 2 is 2.05 bits per heavy atom. The van der Waals surface area contributed by atoms with E-state index in [0.29, 0.717) is 4.90 Å². The summed E-state index contributed by atoms with van der Waals surface area (Å²) in [4.78, 5) is 12.5. The van der Waals surface area contributed by atoms with Gasteiger partial charge < -0.3 is 10.3 Å². The zero-order valence-electron chi connectivity index (χ0n) is 10.1. The molecule has 1 amide bonds. The number of halogens is 4. The van der Waals surface area contributed by atoms with Gasteiger partial charge in [0.2, 0.25) is 0 Å². The van der Waals surface area contributed by atoms with Gasteiger partial charge in [0.15, 0.2) is 0 Å². The molecule has 106 valence electrons. The minimum Gasteiger partial charge on any atom is -0.330 e. The molecule has 1 aromatic rings. The van der Waals surface area contributed by atoms with E-state index in [1.165, 1.54) is 19.1 Å². The average molecular weight is 279 g/mol. The number of carbonyl (C=O) groups excluding carboxylic acids is 1. The van der Waals surface area contributed by atoms with Crippen LogP contribution in [0.5, 0.6) is 0 Å². The number of nitrogens with two attached hydrogens (primary N) is 1. The molecular formula is C11H13F4N3O. The third-order valence-corrected chi connectivity index (χ3v) is 2.43. The lowest BCUT2D eigenvalue weighted by Gasteiger charge is -2.23. The smallest absolute Gasteiger partial charge is 0.330 e. The van der Waals surface area contributed by atoms with Crippen LogP contribution in [0.3, 0.4) is 0 Å². The lowest BCUT2D eigenvalue weighted by Crippen LogP contribution is -2.39. The highest BCUT2D eigenvalue weighted by molar-refractivity contribution is 5.99. The summed E-state index contributed by atoms with van der Waals surface area (Å²) in [6.07, 6.45) is -4.52. The predicted octanol–water partition coefficient (Wildman–Crippen LogP) is 2.14. The maximum atomic E-state index is 13.4. The van der Waals surface area contributed by atoms with Crippen molar-refractivity contribution < 1.29 is 22.4 Å². The Balaban J connectivity index is 3.08. The number of amides is 1. The summed E-state index contributed by atoms with van der Waals surface area (Å²) in [5.74, 6) is 3.33. The summed E-state index contributed by atoms with van der Waals surface area (Å²) in [6, 6.07) is 3.48. The van der Waals surface area contributed by atoms with Gasteiger partial charge in [-0.1, -0.05) is 6.07 Å². The second-order valence-corrected chi connectivity index (χ2v) is 3.74. The Labute approximate surface area is 107 Å². The van der Waals surface area contributed by atoms with E-state index in [0.717, 1.165) is 6.07 Å². The third kappa shape index (κ3) is 3.82. The molecule has 4 nitrogen and oxygen atoms in total. The Morgan fingerprint density at radius 1 is 1.42 bits per heavy atom. The molecule has 0 unspecified atom stereocenters. The second kappa shape index (κ2) is 5.87. The molecule has 0 aliphatic carbocycles. The molecule has 0 heterocycles. The number of rotatable bonds is 4. The van der Waals surface area contributed by atoms with Crippen molar-refractivity contribution in [2.24, 2.45) is 5.84 Å². The molecule has 1 aromatic carbocycles. The van der Waals surface area contributed by atoms with Gasteiger partial charge >= 0.3 is 6.18 Å². The Hall–Kier alpha value is -1.83. The number of hydrogen-bond donors (Lipinski definition) is 2. The number of benzene rings is 1. The van der Waals surface area contributed by atoms with E-state index in [4.69, 9.17) is 5.84 Å². The third-order valence-electron chi connectivity index (χ3n) is 2.43. The van der Waals surface area contributed by atoms with Crippen molar-refractivity contribution in [1.82, 2.24) is 4.90 Å². The second-order valence-electron chi connectivity index (χ2n) is 3.74. The molecule has 0 aromatic heterocycles. The summed E-state index contributed by atoms with van der Waals surface area (Å²) >= 11 is 0. The first-order chi connectivity index (χ1) is 8.80. The topological polar surface area (TPSA) is 58.4 Å². The summed E-state index contributed by atoms with van der Waals surface area (Å²) in [5.41, 5.74) is 1.41. The number of anilines is 1. The van der Waals surface area contributed by atoms with Gasteiger partial charge in [-0.25, -0.2) is 4.39 Å². The van der Waals surface area contributed by atoms with Crippen molar-refractivity contribution in [2.45, 2.75) is 13.1 Å². The first-order valence-electron chi connectivity index (χ1n) is 5.41. The predicted molar refractivity (Wildman–Crippen MR) is 61.8 cm³/mol. The van der Waals surface area contributed by atoms with Gasteiger partial charge in [0, 0.05) is 6.54 Å². The van der Waals surface area contributed by atoms with E-state index in [2.05, 4.69) is 0 Å². The van der Waals surface area contributed by atoms with Crippen LogP contribution in [-0.2, 0) is 0 Å². The highest BCUT2D eigenvalue weighted by atomic mass is 19.4. The maximum absolute atomic E-state index is 13.4. The van der Waals surface area contributed by atoms with Crippen LogP contribution in [0.2, 0.25) is 0 Å². The fourth-order valence-corrected chi connectivity index (χ4v) is 1.56. The van der Waals surface area contributed by atoms with Crippen LogP contribution in [0, 0.1) is 5.82 Å². The van der Waals surface area contributed by atoms with E-state index in [1.54, 1.807) is 0 Å². The molecule has 0 aliphatic rings. The van der Waals surface area contributed by atoms with Crippen molar-refractivity contribution >= 4 is 11.6 Å². The molecule has 3 N–H and O–H groups in total. The number of alkyl halides is 3. The molecule has 0 atom stereocenters. The van der Waals surface area contributed by atoms with Gasteiger partial charge in [-0.05, 0) is 19.1 Å². The number of nitrogens with one attached hydrogen (secondary N) is 1. The summed E-state index contributed by atoms with van der Waals surface area (Å²) in [7, 11) is 0. The number of hydrogen-bond acceptors (Lipinski definition) is 3. The Kier molecular flexibility index (Phi) is 4.71. The van der Waals surface area contributed by atoms with Crippen molar-refractivity contribution in [2.75, 3.05) is 18.5 Å². The Morgan fingerprint density at radius 3 is 2.53 bits per heavy atom. The highest BCUT2D eigenvalue weighted by Gasteiger charge is 2.33. The molecule has 1 rings (SSSR count). The van der Waals surface area contributed by atoms with E-state index >= 15 is 0 Å². The molecule has 0 bridgehead atoms. The zero-order chi connectivity index (χ0) is 14.6. The number of nitrogen functional groups attached to an aromatic ring is 1. The first-order valence-corrected chi connectivity index (χ1v) is 5.41. The monoisotopic (exact) mass is 279 g/mol. The quantitative estimate of drug-likeness (QED) is 0.504. The average Bonchev–Trinajstić information content (AvgIpc) is 2.33. The molecule has 19 heavy (non-hydrogen) atoms. The van der Waals surface area contributed by atoms with E-state index in [1.807, 2.05) is 5.43 Å². The highest BCUT2D eigenvalue weighted by Crippen LogP contribution is 2.23. The normalized spacial score (nSPS) is 11.3. The van der Waals surface area contributed by atoms with Gasteiger partial charge in [0.1, 0.15) is 12.4 Å². The molecule has 0 aliphatic heterocycles. The molecule has 0 fully saturated rings. The van der Waals surface area contributed by atoms with Gasteiger partial charge in [0.25, 0.3) is 5.91 Å². The molecule has 8 heteroatoms. The molecular weight excluding hydrogens is 266 g/mol. The molecule has 0 saturated carbocycles. The largest absolute Gasteiger partial charge is 0.406 e. The number of para-hydroxylation sites is 1. The van der Waals surface area contributed by atoms with Crippen LogP contribution in [0.1, 0.15) is 17.3 Å². The van der Waals surface area contributed by atoms with E-state index in [-0.39, 0.29) is 17.8 Å². The number of hydrazine groups is 1. The standard InChI is InChI=1S/C11H13F4N3O/c1-2-18(6-11(13,14)15)10(19)7-4-3-5-8(12)9(7)17-16/h3-5,17H,2,6,16H2,1H3. The fraction of sp³-hybridized carbons (Fsp3) is 0.364. The van der Waals surface area contributed by atoms with Crippen LogP contribution in [-0.4, -0.2) is 30.1 Å². The van der Waals surface area contributed by atoms with Gasteiger partial charge in [-0.3, -0.25) is 10.6 Å².